The van der Waals surface area contributed by atoms with Crippen LogP contribution in [0.4, 0.5) is 19.0 Å². The van der Waals surface area contributed by atoms with E-state index in [0.717, 1.165) is 32.2 Å². The van der Waals surface area contributed by atoms with Gasteiger partial charge in [-0.05, 0) is 72.4 Å². The Morgan fingerprint density at radius 2 is 1.75 bits per heavy atom. The molecule has 0 bridgehead atoms. The molecule has 4 aromatic rings. The van der Waals surface area contributed by atoms with Crippen LogP contribution in [0.2, 0.25) is 16.6 Å². The maximum Gasteiger partial charge on any atom is 0.319 e. The fraction of sp³-hybridized carbons (Fsp3) is 0.578. The van der Waals surface area contributed by atoms with E-state index in [0.29, 0.717) is 77.1 Å². The molecule has 0 aliphatic carbocycles. The zero-order valence-electron chi connectivity index (χ0n) is 35.3. The van der Waals surface area contributed by atoms with Gasteiger partial charge < -0.3 is 28.6 Å². The summed E-state index contributed by atoms with van der Waals surface area (Å²) in [6.07, 6.45) is 2.85. The number of anilines is 1. The highest BCUT2D eigenvalue weighted by molar-refractivity contribution is 6.90. The molecule has 10 nitrogen and oxygen atoms in total. The first-order chi connectivity index (χ1) is 28.4. The lowest BCUT2D eigenvalue weighted by Crippen LogP contribution is -2.45. The Kier molecular flexibility index (Phi) is 11.8. The number of ether oxygens (including phenoxy) is 5. The molecule has 0 saturated carbocycles. The van der Waals surface area contributed by atoms with Gasteiger partial charge >= 0.3 is 6.01 Å². The molecule has 59 heavy (non-hydrogen) atoms. The Morgan fingerprint density at radius 1 is 0.949 bits per heavy atom. The molecule has 8 rings (SSSR count). The summed E-state index contributed by atoms with van der Waals surface area (Å²) in [5.41, 5.74) is 4.42. The summed E-state index contributed by atoms with van der Waals surface area (Å²) in [6, 6.07) is 6.21. The molecule has 0 spiro atoms. The number of halogens is 3. The number of hydrogen-bond donors (Lipinski definition) is 0. The summed E-state index contributed by atoms with van der Waals surface area (Å²) in [7, 11) is -0.805. The average molecular weight is 832 g/mol. The third kappa shape index (κ3) is 7.50. The van der Waals surface area contributed by atoms with Gasteiger partial charge in [-0.2, -0.15) is 9.97 Å². The number of fused-ring (bicyclic) bond motifs is 4. The molecule has 3 atom stereocenters. The molecule has 3 saturated heterocycles. The summed E-state index contributed by atoms with van der Waals surface area (Å²) in [4.78, 5) is 18.8. The predicted octanol–water partition coefficient (Wildman–Crippen LogP) is 9.01. The molecule has 4 aliphatic rings. The van der Waals surface area contributed by atoms with Crippen LogP contribution in [0.1, 0.15) is 79.2 Å². The van der Waals surface area contributed by atoms with Crippen molar-refractivity contribution in [2.75, 3.05) is 64.9 Å². The fourth-order valence-electron chi connectivity index (χ4n) is 10.4. The highest BCUT2D eigenvalue weighted by Gasteiger charge is 2.49. The number of benzene rings is 2. The van der Waals surface area contributed by atoms with Crippen LogP contribution in [0.3, 0.4) is 0 Å². The SMILES string of the molecule is COCOc1cc(-c2nc3c4c(nc(OC[C@@]56CCCN5C[C@H](F)C6)nc4c2F)N2CCCCOC[C@@H]2CO3)c2c(C#C[Si](C(C)C)(C(C)C)C(C)C)c(F)ccc2c1. The molecule has 0 radical (unpaired) electrons. The largest absolute Gasteiger partial charge is 0.475 e. The van der Waals surface area contributed by atoms with Gasteiger partial charge in [-0.15, -0.1) is 5.54 Å². The topological polar surface area (TPSA) is 91.3 Å². The maximum atomic E-state index is 17.8. The molecule has 2 aromatic carbocycles. The molecule has 0 unspecified atom stereocenters. The van der Waals surface area contributed by atoms with Crippen molar-refractivity contribution in [3.05, 3.63) is 41.5 Å². The summed E-state index contributed by atoms with van der Waals surface area (Å²) in [5.74, 6) is 3.04. The standard InChI is InChI=1S/C45H56F3N5O5Si/c1-27(2)59(28(3)4,29(5)6)18-13-34-36(47)12-11-30-19-33(58-26-54-7)20-35(37(30)34)40-39(48)41-38-42(53-16-8-9-17-55-23-32(53)24-56-43(38)49-40)51-44(50-41)57-25-45-14-10-15-52(45)22-31(46)21-45/h11-12,19-20,27-29,31-32H,8-10,14-17,21-26H2,1-7H3/t31-,32-,45+/m1/s1. The monoisotopic (exact) mass is 831 g/mol. The highest BCUT2D eigenvalue weighted by Crippen LogP contribution is 2.46. The molecule has 2 aromatic heterocycles. The Morgan fingerprint density at radius 3 is 2.51 bits per heavy atom. The van der Waals surface area contributed by atoms with Gasteiger partial charge in [-0.1, -0.05) is 53.5 Å². The number of alkyl halides is 1. The molecule has 316 valence electrons. The van der Waals surface area contributed by atoms with Gasteiger partial charge in [0.2, 0.25) is 5.88 Å². The summed E-state index contributed by atoms with van der Waals surface area (Å²) in [6.45, 7) is 16.4. The fourth-order valence-corrected chi connectivity index (χ4v) is 15.6. The van der Waals surface area contributed by atoms with E-state index in [-0.39, 0.29) is 60.3 Å². The first kappa shape index (κ1) is 41.6. The van der Waals surface area contributed by atoms with Crippen LogP contribution in [-0.2, 0) is 9.47 Å². The molecule has 0 amide bonds. The Hall–Kier alpha value is -4.16. The minimum Gasteiger partial charge on any atom is -0.475 e. The zero-order valence-corrected chi connectivity index (χ0v) is 36.3. The van der Waals surface area contributed by atoms with E-state index in [1.807, 2.05) is 0 Å². The van der Waals surface area contributed by atoms with Crippen LogP contribution in [0.5, 0.6) is 17.6 Å². The summed E-state index contributed by atoms with van der Waals surface area (Å²) >= 11 is 0. The molecule has 0 N–H and O–H groups in total. The van der Waals surface area contributed by atoms with E-state index >= 15 is 8.78 Å². The predicted molar refractivity (Wildman–Crippen MR) is 226 cm³/mol. The lowest BCUT2D eigenvalue weighted by atomic mass is 9.95. The van der Waals surface area contributed by atoms with Crippen molar-refractivity contribution < 1.29 is 36.9 Å². The third-order valence-electron chi connectivity index (χ3n) is 13.2. The number of hydrogen-bond acceptors (Lipinski definition) is 10. The number of nitrogens with zero attached hydrogens (tertiary/aromatic N) is 5. The smallest absolute Gasteiger partial charge is 0.319 e. The first-order valence-corrected chi connectivity index (χ1v) is 23.4. The Labute approximate surface area is 346 Å². The molecular weight excluding hydrogens is 776 g/mol. The van der Waals surface area contributed by atoms with Gasteiger partial charge in [0.1, 0.15) is 61.4 Å². The van der Waals surface area contributed by atoms with Gasteiger partial charge in [0.15, 0.2) is 12.6 Å². The highest BCUT2D eigenvalue weighted by atomic mass is 28.3. The second-order valence-corrected chi connectivity index (χ2v) is 23.2. The molecule has 6 heterocycles. The Balaban J connectivity index is 1.36. The zero-order chi connectivity index (χ0) is 41.6. The maximum absolute atomic E-state index is 17.8. The van der Waals surface area contributed by atoms with Gasteiger partial charge in [-0.3, -0.25) is 4.90 Å². The summed E-state index contributed by atoms with van der Waals surface area (Å²) in [5, 5.41) is 1.31. The molecule has 14 heteroatoms. The van der Waals surface area contributed by atoms with E-state index in [2.05, 4.69) is 62.8 Å². The molecule has 4 aliphatic heterocycles. The number of rotatable bonds is 10. The normalized spacial score (nSPS) is 22.2. The van der Waals surface area contributed by atoms with E-state index in [1.54, 1.807) is 18.2 Å². The minimum atomic E-state index is -2.32. The van der Waals surface area contributed by atoms with Gasteiger partial charge in [0.05, 0.1) is 23.8 Å². The summed E-state index contributed by atoms with van der Waals surface area (Å²) < 4.78 is 79.1. The first-order valence-electron chi connectivity index (χ1n) is 21.2. The molecular formula is C45H56F3N5O5Si. The van der Waals surface area contributed by atoms with Crippen LogP contribution in [0, 0.1) is 23.1 Å². The lowest BCUT2D eigenvalue weighted by Gasteiger charge is -2.38. The number of aromatic nitrogens is 3. The lowest BCUT2D eigenvalue weighted by molar-refractivity contribution is 0.0512. The molecule has 3 fully saturated rings. The van der Waals surface area contributed by atoms with Crippen molar-refractivity contribution in [3.8, 4) is 40.4 Å². The second-order valence-electron chi connectivity index (χ2n) is 17.6. The van der Waals surface area contributed by atoms with Gasteiger partial charge in [0.25, 0.3) is 0 Å². The van der Waals surface area contributed by atoms with Crippen molar-refractivity contribution in [2.45, 2.75) is 108 Å². The van der Waals surface area contributed by atoms with E-state index in [9.17, 15) is 4.39 Å². The number of methoxy groups -OCH3 is 1. The Bertz CT molecular complexity index is 2260. The van der Waals surface area contributed by atoms with Crippen molar-refractivity contribution in [3.63, 3.8) is 0 Å². The quantitative estimate of drug-likeness (QED) is 0.0877. The van der Waals surface area contributed by atoms with Crippen LogP contribution < -0.4 is 19.1 Å². The number of pyridine rings is 1. The van der Waals surface area contributed by atoms with Crippen molar-refractivity contribution in [2.24, 2.45) is 0 Å². The van der Waals surface area contributed by atoms with Crippen LogP contribution in [0.15, 0.2) is 24.3 Å². The van der Waals surface area contributed by atoms with Crippen molar-refractivity contribution in [1.82, 2.24) is 19.9 Å². The van der Waals surface area contributed by atoms with Crippen LogP contribution in [0.25, 0.3) is 32.9 Å². The van der Waals surface area contributed by atoms with Gasteiger partial charge in [0, 0.05) is 44.2 Å². The third-order valence-corrected chi connectivity index (χ3v) is 19.5. The van der Waals surface area contributed by atoms with Gasteiger partial charge in [-0.25, -0.2) is 18.2 Å². The van der Waals surface area contributed by atoms with Crippen LogP contribution in [-0.4, -0.2) is 106 Å². The average Bonchev–Trinajstić information content (AvgIpc) is 3.67. The van der Waals surface area contributed by atoms with Crippen molar-refractivity contribution in [1.29, 1.82) is 0 Å². The van der Waals surface area contributed by atoms with Crippen LogP contribution >= 0.6 is 0 Å². The van der Waals surface area contributed by atoms with E-state index < -0.39 is 31.4 Å². The van der Waals surface area contributed by atoms with Crippen molar-refractivity contribution >= 4 is 35.6 Å². The minimum absolute atomic E-state index is 0.0151. The second kappa shape index (κ2) is 16.7. The van der Waals surface area contributed by atoms with E-state index in [4.69, 9.17) is 38.6 Å². The van der Waals surface area contributed by atoms with E-state index in [1.165, 1.54) is 13.2 Å².